The lowest BCUT2D eigenvalue weighted by Crippen LogP contribution is -2.48. The van der Waals surface area contributed by atoms with E-state index in [1.807, 2.05) is 61.5 Å². The second-order valence-corrected chi connectivity index (χ2v) is 10.6. The Kier molecular flexibility index (Phi) is 7.85. The van der Waals surface area contributed by atoms with E-state index in [-0.39, 0.29) is 11.9 Å². The fraction of sp³-hybridized carbons (Fsp3) is 0.296. The SMILES string of the molecule is COc1ccc(C(C)NC(=O)c2ccc(CN3CCN(S(=O)(=O)c4ccccc4)CC3)cc2)cc1. The fourth-order valence-electron chi connectivity index (χ4n) is 4.15. The van der Waals surface area contributed by atoms with Gasteiger partial charge in [-0.3, -0.25) is 9.69 Å². The van der Waals surface area contributed by atoms with Gasteiger partial charge < -0.3 is 10.1 Å². The molecule has 4 rings (SSSR count). The van der Waals surface area contributed by atoms with Crippen molar-refractivity contribution in [2.24, 2.45) is 0 Å². The summed E-state index contributed by atoms with van der Waals surface area (Å²) >= 11 is 0. The van der Waals surface area contributed by atoms with Crippen molar-refractivity contribution in [3.63, 3.8) is 0 Å². The van der Waals surface area contributed by atoms with Crippen molar-refractivity contribution >= 4 is 15.9 Å². The zero-order chi connectivity index (χ0) is 24.8. The van der Waals surface area contributed by atoms with E-state index in [0.29, 0.717) is 43.2 Å². The van der Waals surface area contributed by atoms with E-state index in [9.17, 15) is 13.2 Å². The van der Waals surface area contributed by atoms with Crippen molar-refractivity contribution in [3.05, 3.63) is 95.6 Å². The summed E-state index contributed by atoms with van der Waals surface area (Å²) in [6.07, 6.45) is 0. The zero-order valence-electron chi connectivity index (χ0n) is 20.1. The molecule has 1 unspecified atom stereocenters. The number of hydrogen-bond acceptors (Lipinski definition) is 5. The summed E-state index contributed by atoms with van der Waals surface area (Å²) in [7, 11) is -1.83. The number of carbonyl (C=O) groups excluding carboxylic acids is 1. The number of benzene rings is 3. The van der Waals surface area contributed by atoms with Gasteiger partial charge in [-0.25, -0.2) is 8.42 Å². The molecule has 1 aliphatic heterocycles. The van der Waals surface area contributed by atoms with Crippen LogP contribution in [0.2, 0.25) is 0 Å². The average molecular weight is 494 g/mol. The summed E-state index contributed by atoms with van der Waals surface area (Å²) < 4.78 is 32.4. The van der Waals surface area contributed by atoms with E-state index in [2.05, 4.69) is 10.2 Å². The number of ether oxygens (including phenoxy) is 1. The lowest BCUT2D eigenvalue weighted by atomic mass is 10.1. The van der Waals surface area contributed by atoms with Gasteiger partial charge in [-0.15, -0.1) is 0 Å². The van der Waals surface area contributed by atoms with Crippen molar-refractivity contribution in [1.82, 2.24) is 14.5 Å². The summed E-state index contributed by atoms with van der Waals surface area (Å²) in [4.78, 5) is 15.3. The molecule has 0 spiro atoms. The number of nitrogens with zero attached hydrogens (tertiary/aromatic N) is 2. The van der Waals surface area contributed by atoms with Crippen LogP contribution in [0.15, 0.2) is 83.8 Å². The molecule has 1 atom stereocenters. The first-order valence-corrected chi connectivity index (χ1v) is 13.1. The Morgan fingerprint density at radius 2 is 1.54 bits per heavy atom. The molecule has 1 N–H and O–H groups in total. The van der Waals surface area contributed by atoms with Crippen LogP contribution >= 0.6 is 0 Å². The maximum absolute atomic E-state index is 12.8. The molecule has 0 aliphatic carbocycles. The molecule has 184 valence electrons. The van der Waals surface area contributed by atoms with Gasteiger partial charge in [0.1, 0.15) is 5.75 Å². The fourth-order valence-corrected chi connectivity index (χ4v) is 5.59. The maximum Gasteiger partial charge on any atom is 0.251 e. The predicted octanol–water partition coefficient (Wildman–Crippen LogP) is 3.69. The summed E-state index contributed by atoms with van der Waals surface area (Å²) in [5.74, 6) is 0.654. The highest BCUT2D eigenvalue weighted by molar-refractivity contribution is 7.89. The number of sulfonamides is 1. The molecule has 7 nitrogen and oxygen atoms in total. The van der Waals surface area contributed by atoms with Crippen LogP contribution in [0.1, 0.15) is 34.5 Å². The van der Waals surface area contributed by atoms with Gasteiger partial charge in [-0.1, -0.05) is 42.5 Å². The highest BCUT2D eigenvalue weighted by atomic mass is 32.2. The van der Waals surface area contributed by atoms with Crippen LogP contribution in [0.25, 0.3) is 0 Å². The molecule has 3 aromatic carbocycles. The van der Waals surface area contributed by atoms with Gasteiger partial charge >= 0.3 is 0 Å². The van der Waals surface area contributed by atoms with Crippen LogP contribution in [0.5, 0.6) is 5.75 Å². The predicted molar refractivity (Wildman–Crippen MR) is 136 cm³/mol. The van der Waals surface area contributed by atoms with Crippen LogP contribution in [0.3, 0.4) is 0 Å². The van der Waals surface area contributed by atoms with Crippen molar-refractivity contribution in [1.29, 1.82) is 0 Å². The molecule has 1 heterocycles. The van der Waals surface area contributed by atoms with Crippen LogP contribution in [-0.4, -0.2) is 56.8 Å². The number of piperazine rings is 1. The molecule has 3 aromatic rings. The van der Waals surface area contributed by atoms with Gasteiger partial charge in [0.05, 0.1) is 18.0 Å². The lowest BCUT2D eigenvalue weighted by molar-refractivity contribution is 0.0940. The molecule has 1 saturated heterocycles. The third kappa shape index (κ3) is 6.08. The molecular weight excluding hydrogens is 462 g/mol. The van der Waals surface area contributed by atoms with E-state index in [1.165, 1.54) is 0 Å². The largest absolute Gasteiger partial charge is 0.497 e. The smallest absolute Gasteiger partial charge is 0.251 e. The molecule has 1 fully saturated rings. The minimum absolute atomic E-state index is 0.125. The summed E-state index contributed by atoms with van der Waals surface area (Å²) in [5.41, 5.74) is 2.70. The Bertz CT molecular complexity index is 1220. The van der Waals surface area contributed by atoms with E-state index in [1.54, 1.807) is 35.7 Å². The standard InChI is InChI=1S/C27H31N3O4S/c1-21(23-12-14-25(34-2)15-13-23)28-27(31)24-10-8-22(9-11-24)20-29-16-18-30(19-17-29)35(32,33)26-6-4-3-5-7-26/h3-15,21H,16-20H2,1-2H3,(H,28,31). The summed E-state index contributed by atoms with van der Waals surface area (Å²) in [6, 6.07) is 23.7. The van der Waals surface area contributed by atoms with E-state index in [0.717, 1.165) is 16.9 Å². The van der Waals surface area contributed by atoms with Gasteiger partial charge in [0.2, 0.25) is 10.0 Å². The molecule has 0 saturated carbocycles. The third-order valence-electron chi connectivity index (χ3n) is 6.30. The average Bonchev–Trinajstić information content (AvgIpc) is 2.90. The van der Waals surface area contributed by atoms with Crippen molar-refractivity contribution in [3.8, 4) is 5.75 Å². The normalized spacial score (nSPS) is 15.9. The first-order chi connectivity index (χ1) is 16.9. The molecule has 1 amide bonds. The Morgan fingerprint density at radius 1 is 0.914 bits per heavy atom. The highest BCUT2D eigenvalue weighted by Gasteiger charge is 2.28. The van der Waals surface area contributed by atoms with Gasteiger partial charge in [0.25, 0.3) is 5.91 Å². The molecule has 35 heavy (non-hydrogen) atoms. The maximum atomic E-state index is 12.8. The molecule has 8 heteroatoms. The Hall–Kier alpha value is -3.20. The van der Waals surface area contributed by atoms with Gasteiger partial charge in [0.15, 0.2) is 0 Å². The Balaban J connectivity index is 1.29. The van der Waals surface area contributed by atoms with Crippen molar-refractivity contribution in [2.45, 2.75) is 24.4 Å². The van der Waals surface area contributed by atoms with Crippen molar-refractivity contribution in [2.75, 3.05) is 33.3 Å². The summed E-state index contributed by atoms with van der Waals surface area (Å²) in [6.45, 7) is 4.90. The lowest BCUT2D eigenvalue weighted by Gasteiger charge is -2.34. The van der Waals surface area contributed by atoms with E-state index >= 15 is 0 Å². The molecule has 1 aliphatic rings. The third-order valence-corrected chi connectivity index (χ3v) is 8.21. The quantitative estimate of drug-likeness (QED) is 0.518. The van der Waals surface area contributed by atoms with Crippen LogP contribution < -0.4 is 10.1 Å². The van der Waals surface area contributed by atoms with Gasteiger partial charge in [-0.2, -0.15) is 4.31 Å². The second-order valence-electron chi connectivity index (χ2n) is 8.66. The monoisotopic (exact) mass is 493 g/mol. The van der Waals surface area contributed by atoms with Gasteiger partial charge in [-0.05, 0) is 54.4 Å². The minimum Gasteiger partial charge on any atom is -0.497 e. The summed E-state index contributed by atoms with van der Waals surface area (Å²) in [5, 5.41) is 3.03. The van der Waals surface area contributed by atoms with Gasteiger partial charge in [0, 0.05) is 38.3 Å². The second kappa shape index (κ2) is 11.0. The number of nitrogens with one attached hydrogen (secondary N) is 1. The van der Waals surface area contributed by atoms with E-state index < -0.39 is 10.0 Å². The zero-order valence-corrected chi connectivity index (χ0v) is 20.9. The van der Waals surface area contributed by atoms with Crippen molar-refractivity contribution < 1.29 is 17.9 Å². The number of hydrogen-bond donors (Lipinski definition) is 1. The molecule has 0 aromatic heterocycles. The topological polar surface area (TPSA) is 79.0 Å². The first-order valence-electron chi connectivity index (χ1n) is 11.7. The Labute approximate surface area is 207 Å². The van der Waals surface area contributed by atoms with E-state index in [4.69, 9.17) is 4.74 Å². The molecular formula is C27H31N3O4S. The van der Waals surface area contributed by atoms with Crippen LogP contribution in [0, 0.1) is 0 Å². The molecule has 0 radical (unpaired) electrons. The van der Waals surface area contributed by atoms with Crippen LogP contribution in [-0.2, 0) is 16.6 Å². The Morgan fingerprint density at radius 3 is 2.14 bits per heavy atom. The first kappa shape index (κ1) is 24.9. The number of rotatable bonds is 8. The minimum atomic E-state index is -3.45. The molecule has 0 bridgehead atoms. The number of methoxy groups -OCH3 is 1. The number of amides is 1. The number of carbonyl (C=O) groups is 1. The van der Waals surface area contributed by atoms with Crippen LogP contribution in [0.4, 0.5) is 0 Å². The highest BCUT2D eigenvalue weighted by Crippen LogP contribution is 2.20.